The van der Waals surface area contributed by atoms with Crippen LogP contribution in [0.1, 0.15) is 81.6 Å². The molecule has 4 fully saturated rings. The molecular formula is C37H62N3O10Y-. The molecule has 0 saturated carbocycles. The quantitative estimate of drug-likeness (QED) is 0.174. The monoisotopic (exact) mass is 797 g/mol. The summed E-state index contributed by atoms with van der Waals surface area (Å²) in [6, 6.07) is -0.501. The van der Waals surface area contributed by atoms with Gasteiger partial charge in [-0.3, -0.25) is 4.79 Å². The molecule has 2 bridgehead atoms. The van der Waals surface area contributed by atoms with Crippen LogP contribution in [0.2, 0.25) is 0 Å². The van der Waals surface area contributed by atoms with E-state index in [0.717, 1.165) is 12.3 Å². The van der Waals surface area contributed by atoms with Crippen molar-refractivity contribution in [3.8, 4) is 0 Å². The fraction of sp³-hybridized carbons (Fsp3) is 0.838. The van der Waals surface area contributed by atoms with Crippen molar-refractivity contribution in [2.45, 2.75) is 142 Å². The number of hydrogen-bond donors (Lipinski definition) is 2. The normalized spacial score (nSPS) is 43.3. The van der Waals surface area contributed by atoms with E-state index >= 15 is 0 Å². The van der Waals surface area contributed by atoms with E-state index in [9.17, 15) is 14.4 Å². The second-order valence-electron chi connectivity index (χ2n) is 15.7. The van der Waals surface area contributed by atoms with Crippen molar-refractivity contribution in [1.29, 1.82) is 0 Å². The van der Waals surface area contributed by atoms with Crippen molar-refractivity contribution >= 4 is 18.2 Å². The van der Waals surface area contributed by atoms with Gasteiger partial charge in [0.15, 0.2) is 11.9 Å². The van der Waals surface area contributed by atoms with Crippen LogP contribution in [0.4, 0.5) is 9.59 Å². The van der Waals surface area contributed by atoms with Crippen molar-refractivity contribution < 1.29 is 80.3 Å². The maximum atomic E-state index is 14.2. The van der Waals surface area contributed by atoms with Crippen LogP contribution in [0.15, 0.2) is 12.2 Å². The summed E-state index contributed by atoms with van der Waals surface area (Å²) in [5, 5.41) is 5.84. The molecule has 0 unspecified atom stereocenters. The zero-order chi connectivity index (χ0) is 37.3. The van der Waals surface area contributed by atoms with E-state index in [1.165, 1.54) is 0 Å². The number of ether oxygens (including phenoxy) is 7. The first kappa shape index (κ1) is 44.1. The Morgan fingerprint density at radius 3 is 2.33 bits per heavy atom. The van der Waals surface area contributed by atoms with E-state index in [0.29, 0.717) is 18.4 Å². The topological polar surface area (TPSA) is 143 Å². The number of methoxy groups -OCH3 is 1. The van der Waals surface area contributed by atoms with Crippen LogP contribution in [-0.4, -0.2) is 118 Å². The Balaban J connectivity index is 0.00000702. The molecule has 14 heteroatoms. The van der Waals surface area contributed by atoms with Gasteiger partial charge in [0.25, 0.3) is 0 Å². The predicted octanol–water partition coefficient (Wildman–Crippen LogP) is 4.62. The van der Waals surface area contributed by atoms with E-state index in [2.05, 4.69) is 29.0 Å². The minimum Gasteiger partial charge on any atom is -0.458 e. The molecule has 1 radical (unpaired) electrons. The van der Waals surface area contributed by atoms with Gasteiger partial charge in [-0.15, -0.1) is 5.92 Å². The first-order valence-electron chi connectivity index (χ1n) is 18.1. The summed E-state index contributed by atoms with van der Waals surface area (Å²) in [4.78, 5) is 42.7. The van der Waals surface area contributed by atoms with Crippen molar-refractivity contribution in [2.24, 2.45) is 23.7 Å². The largest absolute Gasteiger partial charge is 0.458 e. The number of carbonyl (C=O) groups is 3. The van der Waals surface area contributed by atoms with Crippen molar-refractivity contribution in [3.05, 3.63) is 18.1 Å². The summed E-state index contributed by atoms with van der Waals surface area (Å²) in [5.74, 6) is -1.13. The molecule has 14 atom stereocenters. The maximum Gasteiger partial charge on any atom is 0.408 e. The van der Waals surface area contributed by atoms with E-state index in [1.54, 1.807) is 14.0 Å². The van der Waals surface area contributed by atoms with Crippen LogP contribution in [0.3, 0.4) is 0 Å². The number of nitrogens with one attached hydrogen (secondary N) is 2. The van der Waals surface area contributed by atoms with Gasteiger partial charge in [-0.25, -0.2) is 9.59 Å². The SMILES string of the molecule is C=C1CNC(=O)O[C@]2(C)C[C@@H](C)[C-](C)[C@H](C)[C@H]3NC(=O)O[C@]3(C)[C@@H](CC)OC(=O)[C@H](C)[C@@H](OC1)[C@H](C)[C@H]2O[C@@H]1O[C@H](C)C[C@H](N(C)C)[C@H]1OC.[Y]. The molecular weight excluding hydrogens is 735 g/mol. The third-order valence-electron chi connectivity index (χ3n) is 11.7. The van der Waals surface area contributed by atoms with Gasteiger partial charge in [0.2, 0.25) is 0 Å². The molecule has 4 rings (SSSR count). The number of alkyl carbamates (subject to hydrolysis) is 2. The molecule has 13 nitrogen and oxygen atoms in total. The van der Waals surface area contributed by atoms with Crippen LogP contribution in [-0.2, 0) is 70.7 Å². The van der Waals surface area contributed by atoms with Gasteiger partial charge >= 0.3 is 18.2 Å². The molecule has 4 aliphatic heterocycles. The first-order valence-corrected chi connectivity index (χ1v) is 18.1. The molecule has 0 aromatic carbocycles. The van der Waals surface area contributed by atoms with Gasteiger partial charge in [0, 0.05) is 58.3 Å². The predicted molar refractivity (Wildman–Crippen MR) is 186 cm³/mol. The molecule has 51 heavy (non-hydrogen) atoms. The van der Waals surface area contributed by atoms with E-state index in [-0.39, 0.29) is 69.8 Å². The molecule has 0 aromatic heterocycles. The Kier molecular flexibility index (Phi) is 15.4. The number of hydrogen-bond acceptors (Lipinski definition) is 11. The smallest absolute Gasteiger partial charge is 0.408 e. The standard InChI is InChI=1S/C37H62N3O10.Y/c1-14-27-37(10)30(39-35(43)50-37)23(6)22(5)20(3)16-36(9)31(48-33-29(44-13)26(40(11)12)15-21(4)46-33)24(7)28(25(8)32(41)47-27)45-18-19(2)17-38-34(42)49-36;/h20-21,23-31,33H,2,14-18H2,1,3-13H3,(H,38,42)(H,39,43);/q-1;/t20-,21-,23+,24+,25-,26+,27-,28+,29-,30-,31-,33+,36-,37-;/m1./s1. The van der Waals surface area contributed by atoms with Crippen LogP contribution in [0.25, 0.3) is 0 Å². The summed E-state index contributed by atoms with van der Waals surface area (Å²) in [6.07, 6.45) is -3.44. The van der Waals surface area contributed by atoms with Crippen molar-refractivity contribution in [3.63, 3.8) is 0 Å². The Morgan fingerprint density at radius 1 is 1.06 bits per heavy atom. The number of rotatable bonds is 5. The summed E-state index contributed by atoms with van der Waals surface area (Å²) in [7, 11) is 5.64. The van der Waals surface area contributed by atoms with Crippen LogP contribution in [0, 0.1) is 29.6 Å². The number of likely N-dealkylation sites (N-methyl/N-ethyl adjacent to an activating group) is 1. The number of cyclic esters (lactones) is 1. The number of fused-ring (bicyclic) bond motifs is 4. The number of esters is 1. The molecule has 289 valence electrons. The molecule has 2 N–H and O–H groups in total. The van der Waals surface area contributed by atoms with Gasteiger partial charge in [-0.2, -0.15) is 12.8 Å². The molecule has 2 amide bonds. The van der Waals surface area contributed by atoms with Gasteiger partial charge in [0.1, 0.15) is 23.9 Å². The molecule has 4 heterocycles. The summed E-state index contributed by atoms with van der Waals surface area (Å²) in [6.45, 7) is 21.8. The Bertz CT molecular complexity index is 1240. The number of nitrogens with zero attached hydrogens (tertiary/aromatic N) is 1. The minimum absolute atomic E-state index is 0. The molecule has 0 spiro atoms. The second-order valence-corrected chi connectivity index (χ2v) is 15.7. The first-order chi connectivity index (χ1) is 23.4. The molecule has 4 aliphatic rings. The third-order valence-corrected chi connectivity index (χ3v) is 11.7. The van der Waals surface area contributed by atoms with E-state index in [1.807, 2.05) is 62.6 Å². The third kappa shape index (κ3) is 9.49. The summed E-state index contributed by atoms with van der Waals surface area (Å²) in [5.41, 5.74) is -1.80. The van der Waals surface area contributed by atoms with Gasteiger partial charge in [-0.05, 0) is 66.6 Å². The van der Waals surface area contributed by atoms with Gasteiger partial charge < -0.3 is 54.6 Å². The fourth-order valence-electron chi connectivity index (χ4n) is 8.64. The summed E-state index contributed by atoms with van der Waals surface area (Å²) < 4.78 is 44.7. The average Bonchev–Trinajstić information content (AvgIpc) is 3.36. The average molecular weight is 798 g/mol. The van der Waals surface area contributed by atoms with Crippen molar-refractivity contribution in [2.75, 3.05) is 34.4 Å². The Hall–Kier alpha value is -1.35. The van der Waals surface area contributed by atoms with Crippen LogP contribution >= 0.6 is 0 Å². The number of carbonyl (C=O) groups excluding carboxylic acids is 3. The van der Waals surface area contributed by atoms with E-state index < -0.39 is 77.9 Å². The number of amides is 2. The molecule has 4 saturated heterocycles. The molecule has 0 aromatic rings. The molecule has 0 aliphatic carbocycles. The van der Waals surface area contributed by atoms with E-state index in [4.69, 9.17) is 33.2 Å². The Morgan fingerprint density at radius 2 is 1.73 bits per heavy atom. The second kappa shape index (κ2) is 17.9. The van der Waals surface area contributed by atoms with Crippen LogP contribution in [0.5, 0.6) is 0 Å². The van der Waals surface area contributed by atoms with Crippen LogP contribution < -0.4 is 10.6 Å². The fourth-order valence-corrected chi connectivity index (χ4v) is 8.64. The van der Waals surface area contributed by atoms with Gasteiger partial charge in [0.05, 0.1) is 30.8 Å². The zero-order valence-corrected chi connectivity index (χ0v) is 35.6. The Labute approximate surface area is 330 Å². The maximum absolute atomic E-state index is 14.2. The van der Waals surface area contributed by atoms with Crippen molar-refractivity contribution in [1.82, 2.24) is 15.5 Å². The van der Waals surface area contributed by atoms with Gasteiger partial charge in [-0.1, -0.05) is 34.3 Å². The summed E-state index contributed by atoms with van der Waals surface area (Å²) >= 11 is 0. The zero-order valence-electron chi connectivity index (χ0n) is 32.8. The minimum atomic E-state index is -1.27.